The van der Waals surface area contributed by atoms with Gasteiger partial charge in [0.15, 0.2) is 6.61 Å². The Hall–Kier alpha value is -1.69. The molecule has 6 heteroatoms. The van der Waals surface area contributed by atoms with Crippen LogP contribution in [0.25, 0.3) is 0 Å². The Labute approximate surface area is 115 Å². The van der Waals surface area contributed by atoms with Crippen molar-refractivity contribution in [3.63, 3.8) is 0 Å². The highest BCUT2D eigenvalue weighted by atomic mass is 32.2. The molecular weight excluding hydrogens is 266 g/mol. The predicted octanol–water partition coefficient (Wildman–Crippen LogP) is 1.84. The Morgan fingerprint density at radius 3 is 2.68 bits per heavy atom. The van der Waals surface area contributed by atoms with Crippen molar-refractivity contribution in [1.29, 1.82) is 0 Å². The molecule has 1 amide bonds. The number of amides is 1. The number of carboxylic acids is 1. The van der Waals surface area contributed by atoms with Gasteiger partial charge in [-0.25, -0.2) is 4.79 Å². The van der Waals surface area contributed by atoms with Crippen LogP contribution in [0.15, 0.2) is 24.3 Å². The van der Waals surface area contributed by atoms with Crippen LogP contribution in [0.4, 0.5) is 5.69 Å². The standard InChI is InChI=1S/C13H15NO4S/c15-12(16)7-18-11-3-1-10(2-4-11)14-13(17)9-5-6-19-8-9/h1-4,9H,5-8H2,(H,14,17)(H,15,16). The molecule has 1 aliphatic rings. The Balaban J connectivity index is 1.87. The van der Waals surface area contributed by atoms with Crippen molar-refractivity contribution in [2.24, 2.45) is 5.92 Å². The molecule has 1 saturated heterocycles. The second-order valence-corrected chi connectivity index (χ2v) is 5.41. The molecule has 1 fully saturated rings. The molecule has 102 valence electrons. The number of carbonyl (C=O) groups is 2. The molecule has 1 atom stereocenters. The first-order valence-corrected chi connectivity index (χ1v) is 7.14. The number of hydrogen-bond acceptors (Lipinski definition) is 4. The van der Waals surface area contributed by atoms with E-state index >= 15 is 0 Å². The van der Waals surface area contributed by atoms with Crippen molar-refractivity contribution in [3.05, 3.63) is 24.3 Å². The lowest BCUT2D eigenvalue weighted by molar-refractivity contribution is -0.139. The molecule has 5 nitrogen and oxygen atoms in total. The van der Waals surface area contributed by atoms with E-state index in [0.717, 1.165) is 17.9 Å². The summed E-state index contributed by atoms with van der Waals surface area (Å²) in [4.78, 5) is 22.2. The van der Waals surface area contributed by atoms with Gasteiger partial charge in [-0.15, -0.1) is 0 Å². The van der Waals surface area contributed by atoms with Gasteiger partial charge in [-0.1, -0.05) is 0 Å². The Morgan fingerprint density at radius 1 is 1.37 bits per heavy atom. The fourth-order valence-corrected chi connectivity index (χ4v) is 2.99. The van der Waals surface area contributed by atoms with E-state index in [1.165, 1.54) is 0 Å². The zero-order valence-electron chi connectivity index (χ0n) is 10.3. The lowest BCUT2D eigenvalue weighted by Crippen LogP contribution is -2.22. The predicted molar refractivity (Wildman–Crippen MR) is 73.6 cm³/mol. The summed E-state index contributed by atoms with van der Waals surface area (Å²) in [6, 6.07) is 6.69. The second kappa shape index (κ2) is 6.47. The summed E-state index contributed by atoms with van der Waals surface area (Å²) in [5.74, 6) is 1.51. The molecule has 0 spiro atoms. The average Bonchev–Trinajstić information content (AvgIpc) is 2.92. The number of ether oxygens (including phenoxy) is 1. The van der Waals surface area contributed by atoms with Crippen LogP contribution in [0.5, 0.6) is 5.75 Å². The highest BCUT2D eigenvalue weighted by molar-refractivity contribution is 7.99. The van der Waals surface area contributed by atoms with E-state index in [-0.39, 0.29) is 18.4 Å². The Bertz CT molecular complexity index is 454. The second-order valence-electron chi connectivity index (χ2n) is 4.26. The molecule has 1 heterocycles. The molecule has 0 aliphatic carbocycles. The van der Waals surface area contributed by atoms with Gasteiger partial charge in [0.25, 0.3) is 0 Å². The number of carboxylic acid groups (broad SMARTS) is 1. The van der Waals surface area contributed by atoms with Gasteiger partial charge in [0.05, 0.1) is 0 Å². The van der Waals surface area contributed by atoms with Gasteiger partial charge in [0, 0.05) is 17.4 Å². The molecule has 1 unspecified atom stereocenters. The van der Waals surface area contributed by atoms with E-state index in [1.54, 1.807) is 36.0 Å². The van der Waals surface area contributed by atoms with E-state index in [9.17, 15) is 9.59 Å². The van der Waals surface area contributed by atoms with E-state index in [1.807, 2.05) is 0 Å². The first-order chi connectivity index (χ1) is 9.15. The normalized spacial score (nSPS) is 18.0. The largest absolute Gasteiger partial charge is 0.482 e. The highest BCUT2D eigenvalue weighted by Crippen LogP contribution is 2.25. The molecule has 0 radical (unpaired) electrons. The summed E-state index contributed by atoms with van der Waals surface area (Å²) in [7, 11) is 0. The van der Waals surface area contributed by atoms with Crippen LogP contribution < -0.4 is 10.1 Å². The summed E-state index contributed by atoms with van der Waals surface area (Å²) in [5.41, 5.74) is 0.699. The zero-order chi connectivity index (χ0) is 13.7. The number of thioether (sulfide) groups is 1. The summed E-state index contributed by atoms with van der Waals surface area (Å²) >= 11 is 1.80. The van der Waals surface area contributed by atoms with Gasteiger partial charge in [-0.05, 0) is 36.4 Å². The van der Waals surface area contributed by atoms with Crippen LogP contribution in [0.3, 0.4) is 0 Å². The number of rotatable bonds is 5. The van der Waals surface area contributed by atoms with Crippen LogP contribution in [0.1, 0.15) is 6.42 Å². The number of anilines is 1. The molecule has 19 heavy (non-hydrogen) atoms. The van der Waals surface area contributed by atoms with Gasteiger partial charge in [0.1, 0.15) is 5.75 Å². The van der Waals surface area contributed by atoms with Crippen molar-refractivity contribution < 1.29 is 19.4 Å². The summed E-state index contributed by atoms with van der Waals surface area (Å²) in [6.45, 7) is -0.370. The lowest BCUT2D eigenvalue weighted by atomic mass is 10.1. The van der Waals surface area contributed by atoms with Gasteiger partial charge < -0.3 is 15.2 Å². The Kier molecular flexibility index (Phi) is 4.68. The van der Waals surface area contributed by atoms with Gasteiger partial charge in [-0.2, -0.15) is 11.8 Å². The quantitative estimate of drug-likeness (QED) is 0.861. The topological polar surface area (TPSA) is 75.6 Å². The minimum Gasteiger partial charge on any atom is -0.482 e. The lowest BCUT2D eigenvalue weighted by Gasteiger charge is -2.10. The number of hydrogen-bond donors (Lipinski definition) is 2. The third kappa shape index (κ3) is 4.17. The first kappa shape index (κ1) is 13.7. The fourth-order valence-electron chi connectivity index (χ4n) is 1.77. The first-order valence-electron chi connectivity index (χ1n) is 5.98. The monoisotopic (exact) mass is 281 g/mol. The van der Waals surface area contributed by atoms with E-state index in [4.69, 9.17) is 9.84 Å². The fraction of sp³-hybridized carbons (Fsp3) is 0.385. The molecule has 0 aromatic heterocycles. The summed E-state index contributed by atoms with van der Waals surface area (Å²) in [5, 5.41) is 11.3. The van der Waals surface area contributed by atoms with Gasteiger partial charge in [-0.3, -0.25) is 4.79 Å². The minimum atomic E-state index is -1.02. The van der Waals surface area contributed by atoms with Gasteiger partial charge >= 0.3 is 5.97 Å². The van der Waals surface area contributed by atoms with E-state index in [2.05, 4.69) is 5.32 Å². The third-order valence-electron chi connectivity index (χ3n) is 2.78. The van der Waals surface area contributed by atoms with Gasteiger partial charge in [0.2, 0.25) is 5.91 Å². The molecule has 0 bridgehead atoms. The van der Waals surface area contributed by atoms with E-state index in [0.29, 0.717) is 11.4 Å². The van der Waals surface area contributed by atoms with Crippen molar-refractivity contribution in [2.75, 3.05) is 23.4 Å². The molecule has 2 rings (SSSR count). The molecule has 1 aromatic rings. The number of nitrogens with one attached hydrogen (secondary N) is 1. The molecule has 1 aromatic carbocycles. The van der Waals surface area contributed by atoms with Crippen molar-refractivity contribution in [1.82, 2.24) is 0 Å². The van der Waals surface area contributed by atoms with E-state index < -0.39 is 5.97 Å². The maximum Gasteiger partial charge on any atom is 0.341 e. The molecular formula is C13H15NO4S. The van der Waals surface area contributed by atoms with Crippen molar-refractivity contribution in [3.8, 4) is 5.75 Å². The zero-order valence-corrected chi connectivity index (χ0v) is 11.1. The summed E-state index contributed by atoms with van der Waals surface area (Å²) in [6.07, 6.45) is 0.927. The smallest absolute Gasteiger partial charge is 0.341 e. The maximum atomic E-state index is 11.9. The number of carbonyl (C=O) groups excluding carboxylic acids is 1. The average molecular weight is 281 g/mol. The van der Waals surface area contributed by atoms with Crippen LogP contribution in [0.2, 0.25) is 0 Å². The SMILES string of the molecule is O=C(O)COc1ccc(NC(=O)C2CCSC2)cc1. The van der Waals surface area contributed by atoms with Crippen LogP contribution >= 0.6 is 11.8 Å². The maximum absolute atomic E-state index is 11.9. The highest BCUT2D eigenvalue weighted by Gasteiger charge is 2.22. The number of aliphatic carboxylic acids is 1. The number of benzene rings is 1. The minimum absolute atomic E-state index is 0.0456. The van der Waals surface area contributed by atoms with Crippen LogP contribution in [-0.4, -0.2) is 35.1 Å². The molecule has 2 N–H and O–H groups in total. The molecule has 1 aliphatic heterocycles. The van der Waals surface area contributed by atoms with Crippen molar-refractivity contribution >= 4 is 29.3 Å². The summed E-state index contributed by atoms with van der Waals surface area (Å²) < 4.78 is 5.01. The van der Waals surface area contributed by atoms with Crippen LogP contribution in [0, 0.1) is 5.92 Å². The Morgan fingerprint density at radius 2 is 2.11 bits per heavy atom. The third-order valence-corrected chi connectivity index (χ3v) is 3.95. The molecule has 0 saturated carbocycles. The van der Waals surface area contributed by atoms with Crippen LogP contribution in [-0.2, 0) is 9.59 Å². The van der Waals surface area contributed by atoms with Crippen molar-refractivity contribution in [2.45, 2.75) is 6.42 Å².